The van der Waals surface area contributed by atoms with Gasteiger partial charge in [0, 0.05) is 5.75 Å². The van der Waals surface area contributed by atoms with Gasteiger partial charge in [0.05, 0.1) is 18.6 Å². The standard InChI is InChI=1S/C13H16O4S/c1-3-4-18-7-8-5-11-10(12(14)16-2)6-9(8)13(15)17-11/h3,6,8-9,11H,1,4-5,7H2,2H3/t8-,9+,11+/m1/s1. The van der Waals surface area contributed by atoms with E-state index in [1.807, 2.05) is 6.08 Å². The predicted molar refractivity (Wildman–Crippen MR) is 69.1 cm³/mol. The molecule has 18 heavy (non-hydrogen) atoms. The Morgan fingerprint density at radius 2 is 2.50 bits per heavy atom. The summed E-state index contributed by atoms with van der Waals surface area (Å²) in [7, 11) is 1.34. The topological polar surface area (TPSA) is 52.6 Å². The van der Waals surface area contributed by atoms with E-state index in [9.17, 15) is 9.59 Å². The third kappa shape index (κ3) is 2.46. The first kappa shape index (κ1) is 13.2. The highest BCUT2D eigenvalue weighted by Gasteiger charge is 2.45. The Morgan fingerprint density at radius 3 is 3.11 bits per heavy atom. The third-order valence-electron chi connectivity index (χ3n) is 3.25. The van der Waals surface area contributed by atoms with Crippen LogP contribution in [0.3, 0.4) is 0 Å². The molecule has 1 fully saturated rings. The van der Waals surface area contributed by atoms with Gasteiger partial charge in [0.2, 0.25) is 0 Å². The molecule has 3 aliphatic rings. The Morgan fingerprint density at radius 1 is 1.72 bits per heavy atom. The molecule has 2 aliphatic heterocycles. The number of fused-ring (bicyclic) bond motifs is 2. The molecule has 3 atom stereocenters. The molecular formula is C13H16O4S. The average molecular weight is 268 g/mol. The van der Waals surface area contributed by atoms with Gasteiger partial charge < -0.3 is 9.47 Å². The van der Waals surface area contributed by atoms with Gasteiger partial charge in [-0.3, -0.25) is 4.79 Å². The van der Waals surface area contributed by atoms with Crippen molar-refractivity contribution in [3.63, 3.8) is 0 Å². The molecule has 0 spiro atoms. The fourth-order valence-electron chi connectivity index (χ4n) is 2.37. The minimum atomic E-state index is -0.427. The zero-order valence-electron chi connectivity index (χ0n) is 10.3. The van der Waals surface area contributed by atoms with Gasteiger partial charge in [0.25, 0.3) is 0 Å². The molecule has 0 aromatic rings. The Hall–Kier alpha value is -1.23. The fraction of sp³-hybridized carbons (Fsp3) is 0.538. The molecule has 1 saturated heterocycles. The molecule has 2 heterocycles. The first-order chi connectivity index (χ1) is 8.67. The van der Waals surface area contributed by atoms with Gasteiger partial charge in [-0.25, -0.2) is 4.79 Å². The van der Waals surface area contributed by atoms with E-state index in [1.165, 1.54) is 7.11 Å². The van der Waals surface area contributed by atoms with E-state index in [1.54, 1.807) is 17.8 Å². The van der Waals surface area contributed by atoms with Crippen LogP contribution in [0.1, 0.15) is 6.42 Å². The SMILES string of the molecule is C=CCSC[C@H]1C[C@@H]2OC(=O)[C@H]1C=C2C(=O)OC. The lowest BCUT2D eigenvalue weighted by Crippen LogP contribution is -2.45. The number of carbonyl (C=O) groups excluding carboxylic acids is 2. The molecule has 0 aromatic carbocycles. The van der Waals surface area contributed by atoms with Gasteiger partial charge in [-0.05, 0) is 18.1 Å². The van der Waals surface area contributed by atoms with E-state index in [4.69, 9.17) is 9.47 Å². The van der Waals surface area contributed by atoms with E-state index in [2.05, 4.69) is 6.58 Å². The molecular weight excluding hydrogens is 252 g/mol. The molecule has 4 nitrogen and oxygen atoms in total. The second kappa shape index (κ2) is 5.61. The van der Waals surface area contributed by atoms with Crippen LogP contribution in [-0.4, -0.2) is 36.7 Å². The highest BCUT2D eigenvalue weighted by Crippen LogP contribution is 2.39. The van der Waals surface area contributed by atoms with Gasteiger partial charge in [-0.2, -0.15) is 11.8 Å². The van der Waals surface area contributed by atoms with Gasteiger partial charge in [-0.1, -0.05) is 12.2 Å². The van der Waals surface area contributed by atoms with Crippen molar-refractivity contribution in [1.82, 2.24) is 0 Å². The third-order valence-corrected chi connectivity index (χ3v) is 4.39. The van der Waals surface area contributed by atoms with Crippen molar-refractivity contribution in [1.29, 1.82) is 0 Å². The second-order valence-electron chi connectivity index (χ2n) is 4.39. The maximum atomic E-state index is 11.7. The van der Waals surface area contributed by atoms with E-state index in [-0.39, 0.29) is 17.8 Å². The molecule has 0 aromatic heterocycles. The molecule has 0 radical (unpaired) electrons. The van der Waals surface area contributed by atoms with Crippen molar-refractivity contribution in [2.45, 2.75) is 12.5 Å². The number of thioether (sulfide) groups is 1. The summed E-state index contributed by atoms with van der Waals surface area (Å²) in [5, 5.41) is 0. The maximum Gasteiger partial charge on any atom is 0.337 e. The molecule has 3 rings (SSSR count). The first-order valence-electron chi connectivity index (χ1n) is 5.86. The lowest BCUT2D eigenvalue weighted by atomic mass is 9.77. The smallest absolute Gasteiger partial charge is 0.337 e. The maximum absolute atomic E-state index is 11.7. The molecule has 0 amide bonds. The van der Waals surface area contributed by atoms with Crippen LogP contribution in [0.25, 0.3) is 0 Å². The van der Waals surface area contributed by atoms with Crippen molar-refractivity contribution >= 4 is 23.7 Å². The van der Waals surface area contributed by atoms with Crippen LogP contribution in [0.15, 0.2) is 24.3 Å². The molecule has 0 unspecified atom stereocenters. The number of carbonyl (C=O) groups is 2. The quantitative estimate of drug-likeness (QED) is 0.430. The van der Waals surface area contributed by atoms with Crippen molar-refractivity contribution in [2.75, 3.05) is 18.6 Å². The van der Waals surface area contributed by atoms with E-state index in [0.717, 1.165) is 11.5 Å². The largest absolute Gasteiger partial charge is 0.466 e. The summed E-state index contributed by atoms with van der Waals surface area (Å²) in [5.41, 5.74) is 0.493. The first-order valence-corrected chi connectivity index (χ1v) is 7.02. The van der Waals surface area contributed by atoms with Crippen LogP contribution in [0.4, 0.5) is 0 Å². The van der Waals surface area contributed by atoms with Crippen LogP contribution >= 0.6 is 11.8 Å². The molecule has 0 saturated carbocycles. The molecule has 1 aliphatic carbocycles. The van der Waals surface area contributed by atoms with Gasteiger partial charge in [-0.15, -0.1) is 6.58 Å². The molecule has 98 valence electrons. The average Bonchev–Trinajstić information content (AvgIpc) is 2.38. The summed E-state index contributed by atoms with van der Waals surface area (Å²) >= 11 is 1.75. The van der Waals surface area contributed by atoms with Crippen molar-refractivity contribution in [2.24, 2.45) is 11.8 Å². The highest BCUT2D eigenvalue weighted by atomic mass is 32.2. The highest BCUT2D eigenvalue weighted by molar-refractivity contribution is 7.99. The van der Waals surface area contributed by atoms with Crippen molar-refractivity contribution < 1.29 is 19.1 Å². The minimum Gasteiger partial charge on any atom is -0.466 e. The lowest BCUT2D eigenvalue weighted by molar-refractivity contribution is -0.163. The van der Waals surface area contributed by atoms with Crippen LogP contribution in [0.5, 0.6) is 0 Å². The van der Waals surface area contributed by atoms with Crippen LogP contribution in [0.2, 0.25) is 0 Å². The van der Waals surface area contributed by atoms with Crippen LogP contribution in [-0.2, 0) is 19.1 Å². The number of hydrogen-bond donors (Lipinski definition) is 0. The summed E-state index contributed by atoms with van der Waals surface area (Å²) in [6.07, 6.45) is 3.86. The zero-order valence-corrected chi connectivity index (χ0v) is 11.1. The zero-order chi connectivity index (χ0) is 13.1. The van der Waals surface area contributed by atoms with Gasteiger partial charge >= 0.3 is 11.9 Å². The summed E-state index contributed by atoms with van der Waals surface area (Å²) in [6, 6.07) is 0. The summed E-state index contributed by atoms with van der Waals surface area (Å²) in [5.74, 6) is 1.08. The van der Waals surface area contributed by atoms with Crippen molar-refractivity contribution in [3.05, 3.63) is 24.3 Å². The predicted octanol–water partition coefficient (Wildman–Crippen LogP) is 1.57. The van der Waals surface area contributed by atoms with E-state index >= 15 is 0 Å². The summed E-state index contributed by atoms with van der Waals surface area (Å²) < 4.78 is 9.91. The number of esters is 2. The van der Waals surface area contributed by atoms with Crippen LogP contribution < -0.4 is 0 Å². The van der Waals surface area contributed by atoms with E-state index < -0.39 is 12.1 Å². The number of hydrogen-bond acceptors (Lipinski definition) is 5. The molecule has 5 heteroatoms. The number of ether oxygens (including phenoxy) is 2. The Balaban J connectivity index is 2.08. The fourth-order valence-corrected chi connectivity index (χ4v) is 3.32. The second-order valence-corrected chi connectivity index (χ2v) is 5.46. The van der Waals surface area contributed by atoms with Gasteiger partial charge in [0.15, 0.2) is 0 Å². The molecule has 2 bridgehead atoms. The Bertz CT molecular complexity index is 402. The van der Waals surface area contributed by atoms with Gasteiger partial charge in [0.1, 0.15) is 6.10 Å². The Kier molecular flexibility index (Phi) is 4.11. The molecule has 0 N–H and O–H groups in total. The van der Waals surface area contributed by atoms with E-state index in [0.29, 0.717) is 12.0 Å². The number of rotatable bonds is 5. The minimum absolute atomic E-state index is 0.219. The summed E-state index contributed by atoms with van der Waals surface area (Å²) in [4.78, 5) is 23.2. The summed E-state index contributed by atoms with van der Waals surface area (Å²) in [6.45, 7) is 3.67. The number of methoxy groups -OCH3 is 1. The van der Waals surface area contributed by atoms with Crippen molar-refractivity contribution in [3.8, 4) is 0 Å². The van der Waals surface area contributed by atoms with Crippen LogP contribution in [0, 0.1) is 11.8 Å². The Labute approximate surface area is 110 Å². The monoisotopic (exact) mass is 268 g/mol. The lowest BCUT2D eigenvalue weighted by Gasteiger charge is -2.39. The normalized spacial score (nSPS) is 29.5.